The summed E-state index contributed by atoms with van der Waals surface area (Å²) in [4.78, 5) is 10.9. The Kier molecular flexibility index (Phi) is 6.91. The summed E-state index contributed by atoms with van der Waals surface area (Å²) in [6.07, 6.45) is 4.38. The molecule has 0 saturated heterocycles. The molecule has 1 atom stereocenters. The van der Waals surface area contributed by atoms with E-state index in [9.17, 15) is 4.79 Å². The molecular formula is C16H30O3Si. The first-order chi connectivity index (χ1) is 8.92. The second-order valence-corrected chi connectivity index (χ2v) is 11.6. The Balaban J connectivity index is 5.12. The van der Waals surface area contributed by atoms with Crippen molar-refractivity contribution in [1.82, 2.24) is 0 Å². The molecule has 0 bridgehead atoms. The van der Waals surface area contributed by atoms with E-state index in [2.05, 4.69) is 33.9 Å². The van der Waals surface area contributed by atoms with Gasteiger partial charge < -0.3 is 9.53 Å². The maximum absolute atomic E-state index is 10.9. The summed E-state index contributed by atoms with van der Waals surface area (Å²) in [7, 11) is -1.86. The number of aliphatic carboxylic acids is 1. The quantitative estimate of drug-likeness (QED) is 0.437. The first-order valence-corrected chi connectivity index (χ1v) is 10.0. The van der Waals surface area contributed by atoms with Crippen LogP contribution in [0.25, 0.3) is 0 Å². The molecule has 0 aromatic heterocycles. The lowest BCUT2D eigenvalue weighted by molar-refractivity contribution is -0.132. The van der Waals surface area contributed by atoms with Crippen molar-refractivity contribution in [3.8, 4) is 0 Å². The van der Waals surface area contributed by atoms with E-state index in [0.29, 0.717) is 12.0 Å². The molecule has 0 aliphatic carbocycles. The third-order valence-electron chi connectivity index (χ3n) is 4.18. The third-order valence-corrected chi connectivity index (χ3v) is 8.67. The van der Waals surface area contributed by atoms with Gasteiger partial charge in [-0.2, -0.15) is 0 Å². The van der Waals surface area contributed by atoms with Gasteiger partial charge in [0.25, 0.3) is 0 Å². The summed E-state index contributed by atoms with van der Waals surface area (Å²) >= 11 is 0. The summed E-state index contributed by atoms with van der Waals surface area (Å²) in [6.45, 7) is 16.7. The lowest BCUT2D eigenvalue weighted by atomic mass is 10.1. The molecule has 0 aliphatic rings. The van der Waals surface area contributed by atoms with E-state index < -0.39 is 14.3 Å². The van der Waals surface area contributed by atoms with Crippen LogP contribution < -0.4 is 0 Å². The normalized spacial score (nSPS) is 16.2. The number of carboxylic acids is 1. The number of rotatable bonds is 6. The molecule has 0 spiro atoms. The molecule has 3 nitrogen and oxygen atoms in total. The monoisotopic (exact) mass is 298 g/mol. The second-order valence-electron chi connectivity index (χ2n) is 6.83. The standard InChI is InChI=1S/C16H30O3Si/c1-9-12(2)14(11-10-13(3)15(17)18)19-20(7,8)16(4,5)6/h9-10,14H,11H2,1-8H3,(H,17,18)/b12-9-,13-10+/t14-/m1/s1. The molecule has 0 rings (SSSR count). The van der Waals surface area contributed by atoms with Crippen molar-refractivity contribution in [3.63, 3.8) is 0 Å². The SMILES string of the molecule is C/C=C(/C)[C@@H](C/C=C(\C)C(=O)O)O[Si](C)(C)C(C)(C)C. The van der Waals surface area contributed by atoms with Crippen LogP contribution in [0.4, 0.5) is 0 Å². The van der Waals surface area contributed by atoms with Crippen LogP contribution >= 0.6 is 0 Å². The predicted octanol–water partition coefficient (Wildman–Crippen LogP) is 4.76. The number of hydrogen-bond acceptors (Lipinski definition) is 2. The largest absolute Gasteiger partial charge is 0.478 e. The summed E-state index contributed by atoms with van der Waals surface area (Å²) in [6, 6.07) is 0. The second kappa shape index (κ2) is 7.23. The number of carboxylic acid groups (broad SMARTS) is 1. The van der Waals surface area contributed by atoms with Gasteiger partial charge in [0.1, 0.15) is 0 Å². The Labute approximate surface area is 124 Å². The average molecular weight is 298 g/mol. The highest BCUT2D eigenvalue weighted by Crippen LogP contribution is 2.38. The maximum Gasteiger partial charge on any atom is 0.330 e. The van der Waals surface area contributed by atoms with Crippen molar-refractivity contribution in [2.24, 2.45) is 0 Å². The fourth-order valence-electron chi connectivity index (χ4n) is 1.42. The predicted molar refractivity (Wildman–Crippen MR) is 87.5 cm³/mol. The van der Waals surface area contributed by atoms with Crippen molar-refractivity contribution in [3.05, 3.63) is 23.3 Å². The van der Waals surface area contributed by atoms with E-state index >= 15 is 0 Å². The van der Waals surface area contributed by atoms with E-state index in [1.807, 2.05) is 19.9 Å². The van der Waals surface area contributed by atoms with Crippen molar-refractivity contribution in [2.75, 3.05) is 0 Å². The molecule has 20 heavy (non-hydrogen) atoms. The van der Waals surface area contributed by atoms with Gasteiger partial charge in [0, 0.05) is 5.57 Å². The minimum absolute atomic E-state index is 0.0322. The Hall–Kier alpha value is -0.873. The molecule has 0 amide bonds. The van der Waals surface area contributed by atoms with E-state index in [-0.39, 0.29) is 11.1 Å². The van der Waals surface area contributed by atoms with Gasteiger partial charge in [-0.1, -0.05) is 32.9 Å². The van der Waals surface area contributed by atoms with Crippen molar-refractivity contribution >= 4 is 14.3 Å². The minimum atomic E-state index is -1.86. The molecule has 0 aliphatic heterocycles. The number of carbonyl (C=O) groups is 1. The van der Waals surface area contributed by atoms with Crippen LogP contribution in [0.1, 0.15) is 48.0 Å². The fraction of sp³-hybridized carbons (Fsp3) is 0.688. The average Bonchev–Trinajstić information content (AvgIpc) is 2.31. The summed E-state index contributed by atoms with van der Waals surface area (Å²) in [5.41, 5.74) is 1.53. The highest BCUT2D eigenvalue weighted by atomic mass is 28.4. The summed E-state index contributed by atoms with van der Waals surface area (Å²) in [5.74, 6) is -0.866. The van der Waals surface area contributed by atoms with E-state index in [1.54, 1.807) is 13.0 Å². The van der Waals surface area contributed by atoms with Gasteiger partial charge in [0.15, 0.2) is 8.32 Å². The Morgan fingerprint density at radius 1 is 1.30 bits per heavy atom. The highest BCUT2D eigenvalue weighted by molar-refractivity contribution is 6.74. The molecule has 0 radical (unpaired) electrons. The molecule has 0 heterocycles. The molecule has 0 unspecified atom stereocenters. The van der Waals surface area contributed by atoms with Crippen LogP contribution in [0.2, 0.25) is 18.1 Å². The number of hydrogen-bond donors (Lipinski definition) is 1. The highest BCUT2D eigenvalue weighted by Gasteiger charge is 2.39. The summed E-state index contributed by atoms with van der Waals surface area (Å²) in [5, 5.41) is 9.08. The van der Waals surface area contributed by atoms with E-state index in [0.717, 1.165) is 5.57 Å². The van der Waals surface area contributed by atoms with Gasteiger partial charge in [-0.25, -0.2) is 4.79 Å². The lowest BCUT2D eigenvalue weighted by Crippen LogP contribution is -2.44. The molecule has 4 heteroatoms. The van der Waals surface area contributed by atoms with Crippen molar-refractivity contribution in [1.29, 1.82) is 0 Å². The van der Waals surface area contributed by atoms with Gasteiger partial charge in [0.2, 0.25) is 0 Å². The molecule has 0 aromatic rings. The molecule has 0 saturated carbocycles. The third kappa shape index (κ3) is 5.63. The van der Waals surface area contributed by atoms with Crippen LogP contribution in [0, 0.1) is 0 Å². The van der Waals surface area contributed by atoms with Gasteiger partial charge in [-0.3, -0.25) is 0 Å². The Morgan fingerprint density at radius 2 is 1.80 bits per heavy atom. The smallest absolute Gasteiger partial charge is 0.330 e. The fourth-order valence-corrected chi connectivity index (χ4v) is 2.76. The van der Waals surface area contributed by atoms with Gasteiger partial charge in [0.05, 0.1) is 6.10 Å². The van der Waals surface area contributed by atoms with Gasteiger partial charge >= 0.3 is 5.97 Å². The first-order valence-electron chi connectivity index (χ1n) is 7.13. The van der Waals surface area contributed by atoms with E-state index in [1.165, 1.54) is 0 Å². The minimum Gasteiger partial charge on any atom is -0.478 e. The van der Waals surface area contributed by atoms with Gasteiger partial charge in [-0.15, -0.1) is 0 Å². The van der Waals surface area contributed by atoms with E-state index in [4.69, 9.17) is 9.53 Å². The van der Waals surface area contributed by atoms with Gasteiger partial charge in [-0.05, 0) is 50.9 Å². The number of allylic oxidation sites excluding steroid dienone is 1. The van der Waals surface area contributed by atoms with Crippen LogP contribution in [0.15, 0.2) is 23.3 Å². The zero-order valence-electron chi connectivity index (χ0n) is 14.2. The summed E-state index contributed by atoms with van der Waals surface area (Å²) < 4.78 is 6.42. The van der Waals surface area contributed by atoms with Crippen LogP contribution in [0.5, 0.6) is 0 Å². The van der Waals surface area contributed by atoms with Crippen molar-refractivity contribution in [2.45, 2.75) is 72.2 Å². The molecule has 0 fully saturated rings. The molecule has 0 aromatic carbocycles. The zero-order valence-corrected chi connectivity index (χ0v) is 15.2. The molecule has 1 N–H and O–H groups in total. The van der Waals surface area contributed by atoms with Crippen LogP contribution in [0.3, 0.4) is 0 Å². The first kappa shape index (κ1) is 19.1. The van der Waals surface area contributed by atoms with Crippen molar-refractivity contribution < 1.29 is 14.3 Å². The topological polar surface area (TPSA) is 46.5 Å². The molecule has 116 valence electrons. The van der Waals surface area contributed by atoms with Crippen LogP contribution in [-0.4, -0.2) is 25.5 Å². The Morgan fingerprint density at radius 3 is 2.15 bits per heavy atom. The molecular weight excluding hydrogens is 268 g/mol. The zero-order chi connectivity index (χ0) is 16.1. The maximum atomic E-state index is 10.9. The Bertz CT molecular complexity index is 400. The lowest BCUT2D eigenvalue weighted by Gasteiger charge is -2.39. The van der Waals surface area contributed by atoms with Crippen LogP contribution in [-0.2, 0) is 9.22 Å².